The molecular weight excluding hydrogens is 474 g/mol. The Kier molecular flexibility index (Phi) is 7.47. The molecule has 3 aromatic rings. The van der Waals surface area contributed by atoms with Crippen molar-refractivity contribution in [2.75, 3.05) is 35.2 Å². The monoisotopic (exact) mass is 511 g/mol. The van der Waals surface area contributed by atoms with Crippen molar-refractivity contribution in [3.63, 3.8) is 0 Å². The van der Waals surface area contributed by atoms with E-state index in [1.807, 2.05) is 48.5 Å². The third-order valence-corrected chi connectivity index (χ3v) is 7.38. The van der Waals surface area contributed by atoms with E-state index in [1.165, 1.54) is 6.42 Å². The number of anilines is 3. The molecule has 2 aromatic carbocycles. The Hall–Kier alpha value is -3.71. The van der Waals surface area contributed by atoms with Crippen molar-refractivity contribution in [1.82, 2.24) is 9.88 Å². The highest BCUT2D eigenvalue weighted by molar-refractivity contribution is 6.13. The van der Waals surface area contributed by atoms with Crippen LogP contribution >= 0.6 is 0 Å². The molecule has 1 aromatic heterocycles. The van der Waals surface area contributed by atoms with Crippen LogP contribution in [-0.2, 0) is 23.3 Å². The zero-order chi connectivity index (χ0) is 26.7. The molecule has 0 saturated carbocycles. The summed E-state index contributed by atoms with van der Waals surface area (Å²) in [5.74, 6) is -0.0416. The lowest BCUT2D eigenvalue weighted by Gasteiger charge is -2.28. The number of carbonyl (C=O) groups excluding carboxylic acids is 2. The number of amides is 2. The van der Waals surface area contributed by atoms with Crippen LogP contribution in [0.4, 0.5) is 17.1 Å². The van der Waals surface area contributed by atoms with Gasteiger partial charge in [-0.25, -0.2) is 0 Å². The van der Waals surface area contributed by atoms with E-state index in [2.05, 4.69) is 41.3 Å². The smallest absolute Gasteiger partial charge is 0.261 e. The van der Waals surface area contributed by atoms with Crippen molar-refractivity contribution in [3.8, 4) is 0 Å². The lowest BCUT2D eigenvalue weighted by molar-refractivity contribution is -0.117. The Balaban J connectivity index is 1.37. The molecule has 1 saturated heterocycles. The number of hydrogen-bond acceptors (Lipinski definition) is 5. The van der Waals surface area contributed by atoms with E-state index in [0.717, 1.165) is 59.7 Å². The molecule has 38 heavy (non-hydrogen) atoms. The Morgan fingerprint density at radius 2 is 1.74 bits per heavy atom. The first-order valence-corrected chi connectivity index (χ1v) is 13.5. The first-order chi connectivity index (χ1) is 18.3. The quantitative estimate of drug-likeness (QED) is 0.433. The minimum absolute atomic E-state index is 0.00631. The Morgan fingerprint density at radius 1 is 0.974 bits per heavy atom. The maximum atomic E-state index is 13.7. The number of likely N-dealkylation sites (tertiary alicyclic amines) is 1. The maximum absolute atomic E-state index is 13.7. The van der Waals surface area contributed by atoms with Crippen LogP contribution in [0.25, 0.3) is 0 Å². The van der Waals surface area contributed by atoms with Gasteiger partial charge in [-0.2, -0.15) is 0 Å². The number of benzene rings is 2. The average Bonchev–Trinajstić information content (AvgIpc) is 3.25. The SMILES string of the molecule is CC(C)(C)c1ccc(N2Cc3cccc(NCc4ccncc4)c3C2=O)cc1NC(=O)CN1CCCCC1. The minimum atomic E-state index is -0.158. The van der Waals surface area contributed by atoms with Gasteiger partial charge in [0.15, 0.2) is 0 Å². The van der Waals surface area contributed by atoms with Crippen molar-refractivity contribution in [3.05, 3.63) is 83.2 Å². The van der Waals surface area contributed by atoms with Crippen LogP contribution in [0.5, 0.6) is 0 Å². The van der Waals surface area contributed by atoms with Crippen molar-refractivity contribution < 1.29 is 9.59 Å². The van der Waals surface area contributed by atoms with Gasteiger partial charge in [0.1, 0.15) is 0 Å². The Bertz CT molecular complexity index is 1310. The predicted octanol–water partition coefficient (Wildman–Crippen LogP) is 5.58. The van der Waals surface area contributed by atoms with Crippen LogP contribution in [0.1, 0.15) is 67.1 Å². The molecule has 0 aliphatic carbocycles. The standard InChI is InChI=1S/C31H37N5O2/c1-31(2,3)25-11-10-24(18-27(25)34-28(37)21-35-16-5-4-6-17-35)36-20-23-8-7-9-26(29(23)30(36)38)33-19-22-12-14-32-15-13-22/h7-15,18,33H,4-6,16-17,19-21H2,1-3H3,(H,34,37). The predicted molar refractivity (Wildman–Crippen MR) is 153 cm³/mol. The zero-order valence-electron chi connectivity index (χ0n) is 22.6. The molecule has 7 heteroatoms. The molecule has 0 radical (unpaired) electrons. The Labute approximate surface area is 225 Å². The molecule has 5 rings (SSSR count). The molecule has 0 unspecified atom stereocenters. The molecule has 2 N–H and O–H groups in total. The van der Waals surface area contributed by atoms with Crippen molar-refractivity contribution in [1.29, 1.82) is 0 Å². The summed E-state index contributed by atoms with van der Waals surface area (Å²) in [6.07, 6.45) is 7.06. The van der Waals surface area contributed by atoms with E-state index >= 15 is 0 Å². The van der Waals surface area contributed by atoms with Gasteiger partial charge in [-0.15, -0.1) is 0 Å². The summed E-state index contributed by atoms with van der Waals surface area (Å²) in [7, 11) is 0. The highest BCUT2D eigenvalue weighted by Crippen LogP contribution is 2.37. The third-order valence-electron chi connectivity index (χ3n) is 7.38. The van der Waals surface area contributed by atoms with Gasteiger partial charge in [0.2, 0.25) is 5.91 Å². The number of nitrogens with one attached hydrogen (secondary N) is 2. The third kappa shape index (κ3) is 5.73. The summed E-state index contributed by atoms with van der Waals surface area (Å²) < 4.78 is 0. The van der Waals surface area contributed by atoms with Crippen molar-refractivity contribution in [2.24, 2.45) is 0 Å². The molecule has 1 fully saturated rings. The molecule has 0 bridgehead atoms. The van der Waals surface area contributed by atoms with E-state index in [-0.39, 0.29) is 17.2 Å². The van der Waals surface area contributed by atoms with Gasteiger partial charge < -0.3 is 15.5 Å². The molecule has 3 heterocycles. The number of fused-ring (bicyclic) bond motifs is 1. The second kappa shape index (κ2) is 11.0. The Morgan fingerprint density at radius 3 is 2.47 bits per heavy atom. The number of aromatic nitrogens is 1. The van der Waals surface area contributed by atoms with Crippen LogP contribution < -0.4 is 15.5 Å². The molecule has 198 valence electrons. The average molecular weight is 512 g/mol. The van der Waals surface area contributed by atoms with E-state index in [0.29, 0.717) is 25.2 Å². The lowest BCUT2D eigenvalue weighted by Crippen LogP contribution is -2.37. The van der Waals surface area contributed by atoms with Gasteiger partial charge >= 0.3 is 0 Å². The van der Waals surface area contributed by atoms with Crippen LogP contribution in [-0.4, -0.2) is 41.3 Å². The van der Waals surface area contributed by atoms with Crippen LogP contribution in [0, 0.1) is 0 Å². The highest BCUT2D eigenvalue weighted by Gasteiger charge is 2.32. The second-order valence-electron chi connectivity index (χ2n) is 11.3. The molecule has 0 spiro atoms. The van der Waals surface area contributed by atoms with E-state index < -0.39 is 0 Å². The van der Waals surface area contributed by atoms with Gasteiger partial charge in [-0.1, -0.05) is 45.4 Å². The second-order valence-corrected chi connectivity index (χ2v) is 11.3. The summed E-state index contributed by atoms with van der Waals surface area (Å²) in [6.45, 7) is 9.86. The fourth-order valence-corrected chi connectivity index (χ4v) is 5.38. The number of pyridine rings is 1. The van der Waals surface area contributed by atoms with Crippen LogP contribution in [0.15, 0.2) is 60.9 Å². The molecule has 2 amide bonds. The van der Waals surface area contributed by atoms with Gasteiger partial charge in [0.25, 0.3) is 5.91 Å². The van der Waals surface area contributed by atoms with Crippen LogP contribution in [0.3, 0.4) is 0 Å². The number of piperidine rings is 1. The van der Waals surface area contributed by atoms with Gasteiger partial charge in [-0.05, 0) is 78.4 Å². The fraction of sp³-hybridized carbons (Fsp3) is 0.387. The maximum Gasteiger partial charge on any atom is 0.261 e. The molecular formula is C31H37N5O2. The topological polar surface area (TPSA) is 77.6 Å². The molecule has 2 aliphatic heterocycles. The summed E-state index contributed by atoms with van der Waals surface area (Å²) in [5, 5.41) is 6.61. The number of carbonyl (C=O) groups is 2. The highest BCUT2D eigenvalue weighted by atomic mass is 16.2. The summed E-state index contributed by atoms with van der Waals surface area (Å²) in [6, 6.07) is 15.9. The lowest BCUT2D eigenvalue weighted by atomic mass is 9.85. The number of rotatable bonds is 7. The van der Waals surface area contributed by atoms with Gasteiger partial charge in [0.05, 0.1) is 18.7 Å². The molecule has 7 nitrogen and oxygen atoms in total. The number of nitrogens with zero attached hydrogens (tertiary/aromatic N) is 3. The normalized spacial score (nSPS) is 15.9. The van der Waals surface area contributed by atoms with E-state index in [1.54, 1.807) is 17.3 Å². The summed E-state index contributed by atoms with van der Waals surface area (Å²) >= 11 is 0. The molecule has 0 atom stereocenters. The van der Waals surface area contributed by atoms with Gasteiger partial charge in [0, 0.05) is 36.0 Å². The fourth-order valence-electron chi connectivity index (χ4n) is 5.38. The largest absolute Gasteiger partial charge is 0.380 e. The van der Waals surface area contributed by atoms with Gasteiger partial charge in [-0.3, -0.25) is 19.5 Å². The van der Waals surface area contributed by atoms with Crippen LogP contribution in [0.2, 0.25) is 0 Å². The zero-order valence-corrected chi connectivity index (χ0v) is 22.6. The summed E-state index contributed by atoms with van der Waals surface area (Å²) in [5.41, 5.74) is 6.08. The first-order valence-electron chi connectivity index (χ1n) is 13.5. The number of hydrogen-bond donors (Lipinski definition) is 2. The first kappa shape index (κ1) is 25.9. The summed E-state index contributed by atoms with van der Waals surface area (Å²) in [4.78, 5) is 34.8. The van der Waals surface area contributed by atoms with Crippen molar-refractivity contribution >= 4 is 28.9 Å². The van der Waals surface area contributed by atoms with E-state index in [9.17, 15) is 9.59 Å². The van der Waals surface area contributed by atoms with E-state index in [4.69, 9.17) is 0 Å². The minimum Gasteiger partial charge on any atom is -0.380 e. The van der Waals surface area contributed by atoms with Crippen molar-refractivity contribution in [2.45, 2.75) is 58.5 Å². The molecule has 2 aliphatic rings.